The zero-order chi connectivity index (χ0) is 20.1. The van der Waals surface area contributed by atoms with Crippen LogP contribution in [0.2, 0.25) is 5.02 Å². The Kier molecular flexibility index (Phi) is 6.50. The first kappa shape index (κ1) is 20.5. The predicted octanol–water partition coefficient (Wildman–Crippen LogP) is 3.33. The van der Waals surface area contributed by atoms with Crippen molar-refractivity contribution in [2.45, 2.75) is 33.1 Å². The van der Waals surface area contributed by atoms with Gasteiger partial charge in [0.05, 0.1) is 12.0 Å². The van der Waals surface area contributed by atoms with Gasteiger partial charge >= 0.3 is 5.97 Å². The minimum Gasteiger partial charge on any atom is -0.491 e. The number of nitrogens with zero attached hydrogens (tertiary/aromatic N) is 1. The number of halogens is 1. The number of likely N-dealkylation sites (tertiary alicyclic amines) is 1. The normalized spacial score (nSPS) is 22.3. The second kappa shape index (κ2) is 8.86. The number of esters is 1. The molecule has 28 heavy (non-hydrogen) atoms. The standard InChI is InChI=1S/C21H26ClNO5/c1-3-26-20(25)21(13-16-6-4-7-17(22)12-16)8-5-9-23(14-21)19(24)18-15(2)27-10-11-28-18/h4,6-7,12H,3,5,8-11,13-14H2,1-2H3/t21-/m1/s1. The summed E-state index contributed by atoms with van der Waals surface area (Å²) in [7, 11) is 0. The van der Waals surface area contributed by atoms with Gasteiger partial charge < -0.3 is 19.1 Å². The van der Waals surface area contributed by atoms with Crippen molar-refractivity contribution in [3.05, 3.63) is 46.4 Å². The molecule has 152 valence electrons. The smallest absolute Gasteiger partial charge is 0.314 e. The highest BCUT2D eigenvalue weighted by Crippen LogP contribution is 2.36. The maximum atomic E-state index is 13.0. The highest BCUT2D eigenvalue weighted by molar-refractivity contribution is 6.30. The summed E-state index contributed by atoms with van der Waals surface area (Å²) in [5.41, 5.74) is 0.140. The molecule has 3 rings (SSSR count). The van der Waals surface area contributed by atoms with Gasteiger partial charge in [-0.15, -0.1) is 0 Å². The summed E-state index contributed by atoms with van der Waals surface area (Å²) in [5, 5.41) is 0.619. The molecule has 0 unspecified atom stereocenters. The topological polar surface area (TPSA) is 65.1 Å². The number of rotatable bonds is 5. The lowest BCUT2D eigenvalue weighted by Crippen LogP contribution is -2.52. The summed E-state index contributed by atoms with van der Waals surface area (Å²) < 4.78 is 16.4. The van der Waals surface area contributed by atoms with Gasteiger partial charge in [-0.25, -0.2) is 0 Å². The van der Waals surface area contributed by atoms with Crippen LogP contribution >= 0.6 is 11.6 Å². The van der Waals surface area contributed by atoms with Gasteiger partial charge in [0.2, 0.25) is 5.76 Å². The van der Waals surface area contributed by atoms with E-state index >= 15 is 0 Å². The second-order valence-electron chi connectivity index (χ2n) is 7.22. The number of hydrogen-bond donors (Lipinski definition) is 0. The third-order valence-electron chi connectivity index (χ3n) is 5.17. The van der Waals surface area contributed by atoms with Crippen molar-refractivity contribution in [1.82, 2.24) is 4.90 Å². The van der Waals surface area contributed by atoms with Crippen molar-refractivity contribution in [1.29, 1.82) is 0 Å². The zero-order valence-electron chi connectivity index (χ0n) is 16.3. The van der Waals surface area contributed by atoms with Crippen LogP contribution in [0.5, 0.6) is 0 Å². The Labute approximate surface area is 170 Å². The van der Waals surface area contributed by atoms with Crippen molar-refractivity contribution in [2.24, 2.45) is 5.41 Å². The maximum absolute atomic E-state index is 13.0. The fourth-order valence-electron chi connectivity index (χ4n) is 3.87. The van der Waals surface area contributed by atoms with Gasteiger partial charge in [-0.05, 0) is 50.8 Å². The number of piperidine rings is 1. The molecule has 1 aromatic rings. The number of benzene rings is 1. The van der Waals surface area contributed by atoms with Gasteiger partial charge in [0.15, 0.2) is 0 Å². The van der Waals surface area contributed by atoms with Crippen molar-refractivity contribution >= 4 is 23.5 Å². The van der Waals surface area contributed by atoms with E-state index in [0.29, 0.717) is 56.4 Å². The molecule has 0 saturated carbocycles. The highest BCUT2D eigenvalue weighted by atomic mass is 35.5. The Morgan fingerprint density at radius 1 is 1.29 bits per heavy atom. The first-order valence-corrected chi connectivity index (χ1v) is 10.0. The average molecular weight is 408 g/mol. The van der Waals surface area contributed by atoms with E-state index in [9.17, 15) is 9.59 Å². The molecule has 0 aliphatic carbocycles. The molecule has 1 aromatic carbocycles. The highest BCUT2D eigenvalue weighted by Gasteiger charge is 2.45. The van der Waals surface area contributed by atoms with Gasteiger partial charge in [0.1, 0.15) is 19.0 Å². The van der Waals surface area contributed by atoms with Crippen LogP contribution in [0.4, 0.5) is 0 Å². The Bertz CT molecular complexity index is 778. The first-order valence-electron chi connectivity index (χ1n) is 9.62. The zero-order valence-corrected chi connectivity index (χ0v) is 17.1. The molecule has 0 N–H and O–H groups in total. The van der Waals surface area contributed by atoms with E-state index in [0.717, 1.165) is 5.56 Å². The van der Waals surface area contributed by atoms with Crippen LogP contribution in [0.15, 0.2) is 35.8 Å². The van der Waals surface area contributed by atoms with Gasteiger partial charge in [-0.1, -0.05) is 23.7 Å². The summed E-state index contributed by atoms with van der Waals surface area (Å²) >= 11 is 6.13. The molecule has 2 aliphatic rings. The van der Waals surface area contributed by atoms with Crippen LogP contribution < -0.4 is 0 Å². The van der Waals surface area contributed by atoms with E-state index in [1.54, 1.807) is 24.8 Å². The summed E-state index contributed by atoms with van der Waals surface area (Å²) in [4.78, 5) is 27.7. The maximum Gasteiger partial charge on any atom is 0.314 e. The number of allylic oxidation sites excluding steroid dienone is 1. The number of amides is 1. The minimum absolute atomic E-state index is 0.230. The number of ether oxygens (including phenoxy) is 3. The monoisotopic (exact) mass is 407 g/mol. The molecule has 2 heterocycles. The van der Waals surface area contributed by atoms with E-state index < -0.39 is 5.41 Å². The average Bonchev–Trinajstić information content (AvgIpc) is 2.68. The molecule has 1 fully saturated rings. The van der Waals surface area contributed by atoms with Crippen LogP contribution in [0.25, 0.3) is 0 Å². The molecule has 0 bridgehead atoms. The quantitative estimate of drug-likeness (QED) is 0.700. The molecule has 2 aliphatic heterocycles. The van der Waals surface area contributed by atoms with Crippen LogP contribution in [0.1, 0.15) is 32.3 Å². The summed E-state index contributed by atoms with van der Waals surface area (Å²) in [5.74, 6) is 0.197. The minimum atomic E-state index is -0.807. The molecule has 0 radical (unpaired) electrons. The number of carbonyl (C=O) groups is 2. The Balaban J connectivity index is 1.87. The Hall–Kier alpha value is -2.21. The van der Waals surface area contributed by atoms with Crippen molar-refractivity contribution < 1.29 is 23.8 Å². The van der Waals surface area contributed by atoms with E-state index in [1.807, 2.05) is 18.2 Å². The molecule has 0 spiro atoms. The molecule has 0 aromatic heterocycles. The van der Waals surface area contributed by atoms with Crippen LogP contribution in [0, 0.1) is 5.41 Å². The first-order chi connectivity index (χ1) is 13.4. The lowest BCUT2D eigenvalue weighted by molar-refractivity contribution is -0.161. The molecule has 1 saturated heterocycles. The van der Waals surface area contributed by atoms with Crippen molar-refractivity contribution in [3.8, 4) is 0 Å². The third kappa shape index (κ3) is 4.43. The predicted molar refractivity (Wildman–Crippen MR) is 105 cm³/mol. The summed E-state index contributed by atoms with van der Waals surface area (Å²) in [6.07, 6.45) is 1.82. The van der Waals surface area contributed by atoms with E-state index in [4.69, 9.17) is 25.8 Å². The van der Waals surface area contributed by atoms with Crippen LogP contribution in [0.3, 0.4) is 0 Å². The van der Waals surface area contributed by atoms with Crippen molar-refractivity contribution in [2.75, 3.05) is 32.9 Å². The third-order valence-corrected chi connectivity index (χ3v) is 5.40. The van der Waals surface area contributed by atoms with E-state index in [2.05, 4.69) is 0 Å². The molecule has 1 amide bonds. The largest absolute Gasteiger partial charge is 0.491 e. The molecule has 1 atom stereocenters. The second-order valence-corrected chi connectivity index (χ2v) is 7.66. The lowest BCUT2D eigenvalue weighted by Gasteiger charge is -2.41. The van der Waals surface area contributed by atoms with E-state index in [1.165, 1.54) is 0 Å². The van der Waals surface area contributed by atoms with Crippen LogP contribution in [-0.2, 0) is 30.2 Å². The fraction of sp³-hybridized carbons (Fsp3) is 0.524. The van der Waals surface area contributed by atoms with Gasteiger partial charge in [-0.3, -0.25) is 9.59 Å². The Morgan fingerprint density at radius 2 is 2.07 bits per heavy atom. The summed E-state index contributed by atoms with van der Waals surface area (Å²) in [6, 6.07) is 7.46. The molecular formula is C21H26ClNO5. The lowest BCUT2D eigenvalue weighted by atomic mass is 9.75. The number of hydrogen-bond acceptors (Lipinski definition) is 5. The fourth-order valence-corrected chi connectivity index (χ4v) is 4.08. The van der Waals surface area contributed by atoms with E-state index in [-0.39, 0.29) is 24.2 Å². The molecule has 7 heteroatoms. The molecular weight excluding hydrogens is 382 g/mol. The van der Waals surface area contributed by atoms with Gasteiger partial charge in [-0.2, -0.15) is 0 Å². The van der Waals surface area contributed by atoms with Crippen LogP contribution in [-0.4, -0.2) is 49.7 Å². The Morgan fingerprint density at radius 3 is 2.79 bits per heavy atom. The SMILES string of the molecule is CCOC(=O)[C@@]1(Cc2cccc(Cl)c2)CCCN(C(=O)C2=C(C)OCCO2)C1. The van der Waals surface area contributed by atoms with Crippen molar-refractivity contribution in [3.63, 3.8) is 0 Å². The van der Waals surface area contributed by atoms with Gasteiger partial charge in [0.25, 0.3) is 5.91 Å². The van der Waals surface area contributed by atoms with Gasteiger partial charge in [0, 0.05) is 18.1 Å². The molecule has 6 nitrogen and oxygen atoms in total. The number of carbonyl (C=O) groups excluding carboxylic acids is 2. The summed E-state index contributed by atoms with van der Waals surface area (Å²) in [6.45, 7) is 5.43.